The number of fused-ring (bicyclic) bond motifs is 1. The van der Waals surface area contributed by atoms with E-state index in [0.29, 0.717) is 24.3 Å². The van der Waals surface area contributed by atoms with Gasteiger partial charge >= 0.3 is 0 Å². The summed E-state index contributed by atoms with van der Waals surface area (Å²) in [5.74, 6) is -0.350. The number of carbonyl (C=O) groups excluding carboxylic acids is 2. The Bertz CT molecular complexity index is 1200. The molecule has 7 nitrogen and oxygen atoms in total. The average Bonchev–Trinajstić information content (AvgIpc) is 3.39. The molecule has 2 N–H and O–H groups in total. The molecule has 4 rings (SSSR count). The fraction of sp³-hybridized carbons (Fsp3) is 0.182. The zero-order chi connectivity index (χ0) is 21.1. The molecule has 30 heavy (non-hydrogen) atoms. The maximum atomic E-state index is 13.0. The highest BCUT2D eigenvalue weighted by molar-refractivity contribution is 7.13. The van der Waals surface area contributed by atoms with Gasteiger partial charge in [0.2, 0.25) is 5.91 Å². The second kappa shape index (κ2) is 8.46. The first kappa shape index (κ1) is 19.8. The normalized spacial score (nSPS) is 10.9. The predicted molar refractivity (Wildman–Crippen MR) is 118 cm³/mol. The molecule has 3 aromatic heterocycles. The summed E-state index contributed by atoms with van der Waals surface area (Å²) in [5, 5.41) is 12.9. The number of nitrogens with one attached hydrogen (secondary N) is 2. The Morgan fingerprint density at radius 2 is 1.83 bits per heavy atom. The van der Waals surface area contributed by atoms with Crippen LogP contribution in [-0.4, -0.2) is 39.7 Å². The maximum Gasteiger partial charge on any atom is 0.252 e. The average molecular weight is 420 g/mol. The molecule has 0 radical (unpaired) electrons. The third-order valence-electron chi connectivity index (χ3n) is 4.62. The van der Waals surface area contributed by atoms with E-state index in [9.17, 15) is 9.59 Å². The summed E-state index contributed by atoms with van der Waals surface area (Å²) < 4.78 is 1.77. The predicted octanol–water partition coefficient (Wildman–Crippen LogP) is 3.32. The number of rotatable bonds is 6. The van der Waals surface area contributed by atoms with Crippen molar-refractivity contribution < 1.29 is 9.59 Å². The standard InChI is InChI=1S/C22H21N5O2S/c1-14-20-17(22(29)24-11-10-23-15(2)28)13-18(19-9-6-12-30-19)25-21(20)27(26-14)16-7-4-3-5-8-16/h3-9,12-13H,10-11H2,1-2H3,(H,23,28)(H,24,29). The molecule has 0 spiro atoms. The smallest absolute Gasteiger partial charge is 0.252 e. The van der Waals surface area contributed by atoms with Crippen LogP contribution in [0.25, 0.3) is 27.3 Å². The molecule has 4 aromatic rings. The van der Waals surface area contributed by atoms with E-state index < -0.39 is 0 Å². The van der Waals surface area contributed by atoms with Crippen LogP contribution in [0.1, 0.15) is 23.0 Å². The minimum Gasteiger partial charge on any atom is -0.355 e. The van der Waals surface area contributed by atoms with Gasteiger partial charge in [0.05, 0.1) is 32.9 Å². The largest absolute Gasteiger partial charge is 0.355 e. The molecule has 0 aliphatic rings. The summed E-state index contributed by atoms with van der Waals surface area (Å²) in [6.07, 6.45) is 0. The van der Waals surface area contributed by atoms with E-state index >= 15 is 0 Å². The van der Waals surface area contributed by atoms with Gasteiger partial charge in [-0.05, 0) is 36.6 Å². The summed E-state index contributed by atoms with van der Waals surface area (Å²) >= 11 is 1.57. The Balaban J connectivity index is 1.81. The van der Waals surface area contributed by atoms with E-state index in [0.717, 1.165) is 27.3 Å². The van der Waals surface area contributed by atoms with Crippen molar-refractivity contribution in [3.8, 4) is 16.3 Å². The molecule has 0 unspecified atom stereocenters. The fourth-order valence-electron chi connectivity index (χ4n) is 3.28. The Morgan fingerprint density at radius 3 is 2.53 bits per heavy atom. The van der Waals surface area contributed by atoms with Gasteiger partial charge in [-0.1, -0.05) is 24.3 Å². The van der Waals surface area contributed by atoms with E-state index in [4.69, 9.17) is 4.98 Å². The molecular formula is C22H21N5O2S. The zero-order valence-corrected chi connectivity index (χ0v) is 17.5. The number of hydrogen-bond acceptors (Lipinski definition) is 5. The first-order valence-electron chi connectivity index (χ1n) is 9.57. The zero-order valence-electron chi connectivity index (χ0n) is 16.7. The van der Waals surface area contributed by atoms with Gasteiger partial charge in [-0.3, -0.25) is 9.59 Å². The summed E-state index contributed by atoms with van der Waals surface area (Å²) in [4.78, 5) is 29.9. The van der Waals surface area contributed by atoms with Crippen molar-refractivity contribution in [1.29, 1.82) is 0 Å². The van der Waals surface area contributed by atoms with E-state index in [-0.39, 0.29) is 11.8 Å². The SMILES string of the molecule is CC(=O)NCCNC(=O)c1cc(-c2cccs2)nc2c1c(C)nn2-c1ccccc1. The lowest BCUT2D eigenvalue weighted by Gasteiger charge is -2.09. The second-order valence-corrected chi connectivity index (χ2v) is 7.75. The Kier molecular flexibility index (Phi) is 5.58. The molecular weight excluding hydrogens is 398 g/mol. The monoisotopic (exact) mass is 419 g/mol. The van der Waals surface area contributed by atoms with Crippen molar-refractivity contribution in [2.24, 2.45) is 0 Å². The molecule has 0 saturated heterocycles. The van der Waals surface area contributed by atoms with Gasteiger partial charge in [-0.15, -0.1) is 11.3 Å². The van der Waals surface area contributed by atoms with Crippen LogP contribution in [0.2, 0.25) is 0 Å². The Hall–Kier alpha value is -3.52. The molecule has 0 saturated carbocycles. The Morgan fingerprint density at radius 1 is 1.07 bits per heavy atom. The lowest BCUT2D eigenvalue weighted by Crippen LogP contribution is -2.33. The van der Waals surface area contributed by atoms with Gasteiger partial charge in [0.1, 0.15) is 0 Å². The van der Waals surface area contributed by atoms with Gasteiger partial charge < -0.3 is 10.6 Å². The summed E-state index contributed by atoms with van der Waals surface area (Å²) in [6, 6.07) is 15.5. The highest BCUT2D eigenvalue weighted by atomic mass is 32.1. The second-order valence-electron chi connectivity index (χ2n) is 6.80. The van der Waals surface area contributed by atoms with E-state index in [2.05, 4.69) is 15.7 Å². The number of para-hydroxylation sites is 1. The van der Waals surface area contributed by atoms with Gasteiger partial charge in [0.15, 0.2) is 5.65 Å². The molecule has 0 bridgehead atoms. The number of aryl methyl sites for hydroxylation is 1. The number of thiophene rings is 1. The molecule has 0 aliphatic carbocycles. The number of amides is 2. The molecule has 2 amide bonds. The molecule has 1 aromatic carbocycles. The third-order valence-corrected chi connectivity index (χ3v) is 5.51. The van der Waals surface area contributed by atoms with Crippen molar-refractivity contribution in [2.75, 3.05) is 13.1 Å². The van der Waals surface area contributed by atoms with Crippen LogP contribution in [0.15, 0.2) is 53.9 Å². The van der Waals surface area contributed by atoms with Crippen molar-refractivity contribution >= 4 is 34.2 Å². The third kappa shape index (κ3) is 3.95. The number of aromatic nitrogens is 3. The Labute approximate surface area is 177 Å². The van der Waals surface area contributed by atoms with E-state index in [1.54, 1.807) is 16.0 Å². The minimum atomic E-state index is -0.221. The first-order chi connectivity index (χ1) is 14.5. The van der Waals surface area contributed by atoms with E-state index in [1.165, 1.54) is 6.92 Å². The van der Waals surface area contributed by atoms with Gasteiger partial charge in [0.25, 0.3) is 5.91 Å². The number of pyridine rings is 1. The van der Waals surface area contributed by atoms with Gasteiger partial charge in [-0.2, -0.15) is 5.10 Å². The van der Waals surface area contributed by atoms with Crippen molar-refractivity contribution in [1.82, 2.24) is 25.4 Å². The highest BCUT2D eigenvalue weighted by Crippen LogP contribution is 2.30. The summed E-state index contributed by atoms with van der Waals surface area (Å²) in [5.41, 5.74) is 3.48. The lowest BCUT2D eigenvalue weighted by atomic mass is 10.1. The van der Waals surface area contributed by atoms with Crippen molar-refractivity contribution in [2.45, 2.75) is 13.8 Å². The van der Waals surface area contributed by atoms with Gasteiger partial charge in [0, 0.05) is 20.0 Å². The lowest BCUT2D eigenvalue weighted by molar-refractivity contribution is -0.118. The molecule has 0 atom stereocenters. The van der Waals surface area contributed by atoms with Crippen molar-refractivity contribution in [3.05, 3.63) is 65.2 Å². The molecule has 152 valence electrons. The maximum absolute atomic E-state index is 13.0. The van der Waals surface area contributed by atoms with Crippen LogP contribution in [0.4, 0.5) is 0 Å². The molecule has 8 heteroatoms. The quantitative estimate of drug-likeness (QED) is 0.469. The van der Waals surface area contributed by atoms with Gasteiger partial charge in [-0.25, -0.2) is 9.67 Å². The molecule has 0 fully saturated rings. The summed E-state index contributed by atoms with van der Waals surface area (Å²) in [6.45, 7) is 4.03. The molecule has 3 heterocycles. The topological polar surface area (TPSA) is 88.9 Å². The van der Waals surface area contributed by atoms with E-state index in [1.807, 2.05) is 60.8 Å². The molecule has 0 aliphatic heterocycles. The number of nitrogens with zero attached hydrogens (tertiary/aromatic N) is 3. The summed E-state index contributed by atoms with van der Waals surface area (Å²) in [7, 11) is 0. The highest BCUT2D eigenvalue weighted by Gasteiger charge is 2.21. The fourth-order valence-corrected chi connectivity index (χ4v) is 3.96. The van der Waals surface area contributed by atoms with Crippen LogP contribution >= 0.6 is 11.3 Å². The van der Waals surface area contributed by atoms with Crippen LogP contribution < -0.4 is 10.6 Å². The number of hydrogen-bond donors (Lipinski definition) is 2. The van der Waals surface area contributed by atoms with Crippen LogP contribution in [0, 0.1) is 6.92 Å². The van der Waals surface area contributed by atoms with Crippen LogP contribution in [0.3, 0.4) is 0 Å². The van der Waals surface area contributed by atoms with Crippen LogP contribution in [-0.2, 0) is 4.79 Å². The van der Waals surface area contributed by atoms with Crippen molar-refractivity contribution in [3.63, 3.8) is 0 Å². The number of benzene rings is 1. The van der Waals surface area contributed by atoms with Crippen LogP contribution in [0.5, 0.6) is 0 Å². The number of carbonyl (C=O) groups is 2. The first-order valence-corrected chi connectivity index (χ1v) is 10.4. The minimum absolute atomic E-state index is 0.129.